The van der Waals surface area contributed by atoms with E-state index in [0.717, 1.165) is 20.3 Å². The van der Waals surface area contributed by atoms with Crippen molar-refractivity contribution in [1.82, 2.24) is 9.80 Å². The summed E-state index contributed by atoms with van der Waals surface area (Å²) in [5.41, 5.74) is 3.39. The summed E-state index contributed by atoms with van der Waals surface area (Å²) >= 11 is 2.22. The van der Waals surface area contributed by atoms with Gasteiger partial charge in [0.25, 0.3) is 11.7 Å². The van der Waals surface area contributed by atoms with E-state index in [1.165, 1.54) is 0 Å². The zero-order valence-electron chi connectivity index (χ0n) is 17.1. The average Bonchev–Trinajstić information content (AvgIpc) is 2.93. The first-order chi connectivity index (χ1) is 13.7. The van der Waals surface area contributed by atoms with Crippen molar-refractivity contribution < 1.29 is 14.7 Å². The van der Waals surface area contributed by atoms with Gasteiger partial charge < -0.3 is 14.9 Å². The van der Waals surface area contributed by atoms with Gasteiger partial charge in [-0.25, -0.2) is 0 Å². The molecule has 29 heavy (non-hydrogen) atoms. The molecule has 0 spiro atoms. The molecule has 2 aromatic rings. The number of hydrogen-bond donors (Lipinski definition) is 1. The Morgan fingerprint density at radius 1 is 1.10 bits per heavy atom. The van der Waals surface area contributed by atoms with Crippen LogP contribution in [0.25, 0.3) is 5.76 Å². The van der Waals surface area contributed by atoms with Gasteiger partial charge in [0.15, 0.2) is 0 Å². The van der Waals surface area contributed by atoms with Crippen LogP contribution in [-0.4, -0.2) is 53.8 Å². The molecule has 6 heteroatoms. The zero-order valence-corrected chi connectivity index (χ0v) is 19.2. The van der Waals surface area contributed by atoms with Crippen LogP contribution in [0.1, 0.15) is 28.3 Å². The number of likely N-dealkylation sites (N-methyl/N-ethyl adjacent to an activating group) is 1. The lowest BCUT2D eigenvalue weighted by Gasteiger charge is -2.26. The first-order valence-electron chi connectivity index (χ1n) is 9.47. The van der Waals surface area contributed by atoms with E-state index in [1.54, 1.807) is 4.90 Å². The van der Waals surface area contributed by atoms with E-state index in [2.05, 4.69) is 22.6 Å². The molecule has 1 aliphatic rings. The van der Waals surface area contributed by atoms with Crippen molar-refractivity contribution in [2.24, 2.45) is 0 Å². The van der Waals surface area contributed by atoms with Crippen molar-refractivity contribution in [3.8, 4) is 0 Å². The summed E-state index contributed by atoms with van der Waals surface area (Å²) in [5, 5.41) is 11.2. The maximum atomic E-state index is 13.0. The Balaban J connectivity index is 2.19. The molecular weight excluding hydrogens is 479 g/mol. The van der Waals surface area contributed by atoms with Crippen molar-refractivity contribution in [2.45, 2.75) is 19.9 Å². The van der Waals surface area contributed by atoms with Gasteiger partial charge in [-0.15, -0.1) is 0 Å². The Morgan fingerprint density at radius 2 is 1.76 bits per heavy atom. The number of aliphatic hydroxyl groups excluding tert-OH is 1. The van der Waals surface area contributed by atoms with Crippen LogP contribution < -0.4 is 0 Å². The number of likely N-dealkylation sites (tertiary alicyclic amines) is 1. The molecule has 2 aromatic carbocycles. The highest BCUT2D eigenvalue weighted by molar-refractivity contribution is 14.1. The molecule has 152 valence electrons. The lowest BCUT2D eigenvalue weighted by Crippen LogP contribution is -2.35. The number of carbonyl (C=O) groups excluding carboxylic acids is 2. The van der Waals surface area contributed by atoms with E-state index in [0.29, 0.717) is 18.7 Å². The Kier molecular flexibility index (Phi) is 6.43. The molecule has 1 saturated heterocycles. The Labute approximate surface area is 185 Å². The summed E-state index contributed by atoms with van der Waals surface area (Å²) in [4.78, 5) is 29.4. The number of hydrogen-bond acceptors (Lipinski definition) is 4. The van der Waals surface area contributed by atoms with Gasteiger partial charge in [0, 0.05) is 22.2 Å². The molecule has 0 bridgehead atoms. The lowest BCUT2D eigenvalue weighted by molar-refractivity contribution is -0.140. The van der Waals surface area contributed by atoms with E-state index in [9.17, 15) is 14.7 Å². The van der Waals surface area contributed by atoms with Gasteiger partial charge in [0.05, 0.1) is 11.6 Å². The minimum atomic E-state index is -0.634. The SMILES string of the molecule is Cc1ccc(C)c(/C(O)=C2\C(=O)C(=O)N(CCN(C)C)C2c2ccc(I)cc2)c1. The number of halogens is 1. The van der Waals surface area contributed by atoms with Crippen LogP contribution in [0.15, 0.2) is 48.0 Å². The smallest absolute Gasteiger partial charge is 0.295 e. The summed E-state index contributed by atoms with van der Waals surface area (Å²) < 4.78 is 1.06. The van der Waals surface area contributed by atoms with E-state index in [1.807, 2.05) is 75.3 Å². The topological polar surface area (TPSA) is 60.9 Å². The number of aliphatic hydroxyl groups is 1. The summed E-state index contributed by atoms with van der Waals surface area (Å²) in [7, 11) is 3.85. The average molecular weight is 504 g/mol. The van der Waals surface area contributed by atoms with Crippen molar-refractivity contribution in [3.63, 3.8) is 0 Å². The predicted octanol–water partition coefficient (Wildman–Crippen LogP) is 3.89. The Hall–Kier alpha value is -2.19. The Morgan fingerprint density at radius 3 is 2.38 bits per heavy atom. The molecular formula is C23H25IN2O3. The van der Waals surface area contributed by atoms with Gasteiger partial charge >= 0.3 is 0 Å². The molecule has 1 atom stereocenters. The fraction of sp³-hybridized carbons (Fsp3) is 0.304. The first kappa shape index (κ1) is 21.5. The van der Waals surface area contributed by atoms with Gasteiger partial charge in [-0.3, -0.25) is 9.59 Å². The highest BCUT2D eigenvalue weighted by Crippen LogP contribution is 2.39. The number of aryl methyl sites for hydroxylation is 2. The third-order valence-corrected chi connectivity index (χ3v) is 5.88. The largest absolute Gasteiger partial charge is 0.507 e. The monoisotopic (exact) mass is 504 g/mol. The third-order valence-electron chi connectivity index (χ3n) is 5.16. The molecule has 3 rings (SSSR count). The van der Waals surface area contributed by atoms with Crippen LogP contribution in [0.2, 0.25) is 0 Å². The van der Waals surface area contributed by atoms with Crippen LogP contribution >= 0.6 is 22.6 Å². The molecule has 5 nitrogen and oxygen atoms in total. The number of rotatable bonds is 5. The van der Waals surface area contributed by atoms with Gasteiger partial charge in [0.2, 0.25) is 0 Å². The van der Waals surface area contributed by atoms with Crippen molar-refractivity contribution in [1.29, 1.82) is 0 Å². The standard InChI is InChI=1S/C23H25IN2O3/c1-14-5-6-15(2)18(13-14)21(27)19-20(16-7-9-17(24)10-8-16)26(12-11-25(3)4)23(29)22(19)28/h5-10,13,20,27H,11-12H2,1-4H3/b21-19+. The first-order valence-corrected chi connectivity index (χ1v) is 10.5. The number of Topliss-reactive ketones (excluding diaryl/α,β-unsaturated/α-hetero) is 1. The second-order valence-corrected chi connectivity index (χ2v) is 8.91. The van der Waals surface area contributed by atoms with Crippen LogP contribution in [-0.2, 0) is 9.59 Å². The van der Waals surface area contributed by atoms with Gasteiger partial charge in [-0.1, -0.05) is 29.8 Å². The van der Waals surface area contributed by atoms with Crippen molar-refractivity contribution in [2.75, 3.05) is 27.2 Å². The summed E-state index contributed by atoms with van der Waals surface area (Å²) in [6.45, 7) is 4.84. The second-order valence-electron chi connectivity index (χ2n) is 7.67. The number of ketones is 1. The summed E-state index contributed by atoms with van der Waals surface area (Å²) in [6.07, 6.45) is 0. The third kappa shape index (κ3) is 4.38. The molecule has 1 heterocycles. The number of nitrogens with zero attached hydrogens (tertiary/aromatic N) is 2. The number of amides is 1. The molecule has 0 aromatic heterocycles. The van der Waals surface area contributed by atoms with E-state index >= 15 is 0 Å². The molecule has 1 aliphatic heterocycles. The van der Waals surface area contributed by atoms with Crippen molar-refractivity contribution in [3.05, 3.63) is 73.9 Å². The molecule has 1 N–H and O–H groups in total. The minimum absolute atomic E-state index is 0.111. The predicted molar refractivity (Wildman–Crippen MR) is 123 cm³/mol. The van der Waals surface area contributed by atoms with Crippen LogP contribution in [0.3, 0.4) is 0 Å². The normalized spacial score (nSPS) is 18.7. The molecule has 1 amide bonds. The van der Waals surface area contributed by atoms with Crippen LogP contribution in [0, 0.1) is 17.4 Å². The number of carbonyl (C=O) groups is 2. The maximum Gasteiger partial charge on any atom is 0.295 e. The van der Waals surface area contributed by atoms with Gasteiger partial charge in [0.1, 0.15) is 5.76 Å². The van der Waals surface area contributed by atoms with Crippen LogP contribution in [0.5, 0.6) is 0 Å². The molecule has 0 aliphatic carbocycles. The maximum absolute atomic E-state index is 13.0. The highest BCUT2D eigenvalue weighted by Gasteiger charge is 2.45. The Bertz CT molecular complexity index is 980. The fourth-order valence-electron chi connectivity index (χ4n) is 3.55. The van der Waals surface area contributed by atoms with Gasteiger partial charge in [-0.05, 0) is 79.9 Å². The second kappa shape index (κ2) is 8.67. The van der Waals surface area contributed by atoms with Gasteiger partial charge in [-0.2, -0.15) is 0 Å². The lowest BCUT2D eigenvalue weighted by atomic mass is 9.93. The molecule has 0 radical (unpaired) electrons. The zero-order chi connectivity index (χ0) is 21.3. The van der Waals surface area contributed by atoms with E-state index in [4.69, 9.17) is 0 Å². The summed E-state index contributed by atoms with van der Waals surface area (Å²) in [5.74, 6) is -1.31. The number of benzene rings is 2. The fourth-order valence-corrected chi connectivity index (χ4v) is 3.91. The molecule has 1 unspecified atom stereocenters. The van der Waals surface area contributed by atoms with E-state index < -0.39 is 17.7 Å². The minimum Gasteiger partial charge on any atom is -0.507 e. The molecule has 0 saturated carbocycles. The quantitative estimate of drug-likeness (QED) is 0.291. The van der Waals surface area contributed by atoms with Crippen molar-refractivity contribution >= 4 is 40.0 Å². The van der Waals surface area contributed by atoms with Crippen LogP contribution in [0.4, 0.5) is 0 Å². The highest BCUT2D eigenvalue weighted by atomic mass is 127. The van der Waals surface area contributed by atoms with E-state index in [-0.39, 0.29) is 11.3 Å². The summed E-state index contributed by atoms with van der Waals surface area (Å²) in [6, 6.07) is 12.8. The molecule has 1 fully saturated rings.